The number of aromatic nitrogens is 6. The van der Waals surface area contributed by atoms with Gasteiger partial charge in [-0.1, -0.05) is 6.92 Å². The molecule has 0 saturated heterocycles. The highest BCUT2D eigenvalue weighted by Crippen LogP contribution is 2.20. The zero-order valence-electron chi connectivity index (χ0n) is 10.6. The van der Waals surface area contributed by atoms with E-state index in [9.17, 15) is 0 Å². The number of hydrogen-bond donors (Lipinski definition) is 2. The molecule has 94 valence electrons. The predicted octanol–water partition coefficient (Wildman–Crippen LogP) is 0.845. The average molecular weight is 245 g/mol. The van der Waals surface area contributed by atoms with Gasteiger partial charge >= 0.3 is 0 Å². The predicted molar refractivity (Wildman–Crippen MR) is 67.1 cm³/mol. The normalized spacial score (nSPS) is 12.6. The molecule has 0 fully saturated rings. The molecule has 0 spiro atoms. The van der Waals surface area contributed by atoms with Crippen molar-refractivity contribution in [1.29, 1.82) is 0 Å². The van der Waals surface area contributed by atoms with E-state index in [1.54, 1.807) is 12.7 Å². The summed E-state index contributed by atoms with van der Waals surface area (Å²) in [5, 5.41) is 11.9. The maximum atomic E-state index is 4.29. The smallest absolute Gasteiger partial charge is 0.189 e. The Bertz CT molecular complexity index is 694. The molecule has 3 rings (SSSR count). The van der Waals surface area contributed by atoms with Gasteiger partial charge in [0, 0.05) is 0 Å². The summed E-state index contributed by atoms with van der Waals surface area (Å²) in [5.41, 5.74) is 1.95. The summed E-state index contributed by atoms with van der Waals surface area (Å²) < 4.78 is 1.89. The summed E-state index contributed by atoms with van der Waals surface area (Å²) >= 11 is 0. The molecule has 7 nitrogen and oxygen atoms in total. The molecule has 0 atom stereocenters. The first-order valence-electron chi connectivity index (χ1n) is 5.92. The number of nitrogens with one attached hydrogen (secondary N) is 2. The largest absolute Gasteiger partial charge is 0.340 e. The highest BCUT2D eigenvalue weighted by molar-refractivity contribution is 5.84. The molecule has 7 heteroatoms. The second kappa shape index (κ2) is 3.74. The Labute approximate surface area is 104 Å². The van der Waals surface area contributed by atoms with Crippen molar-refractivity contribution in [3.8, 4) is 0 Å². The van der Waals surface area contributed by atoms with E-state index in [-0.39, 0.29) is 5.54 Å². The van der Waals surface area contributed by atoms with E-state index in [1.165, 1.54) is 0 Å². The quantitative estimate of drug-likeness (QED) is 0.714. The van der Waals surface area contributed by atoms with Crippen LogP contribution >= 0.6 is 0 Å². The Hall–Kier alpha value is -2.02. The molecule has 2 N–H and O–H groups in total. The van der Waals surface area contributed by atoms with Gasteiger partial charge in [0.1, 0.15) is 11.8 Å². The van der Waals surface area contributed by atoms with Crippen LogP contribution in [-0.2, 0) is 5.54 Å². The van der Waals surface area contributed by atoms with Crippen molar-refractivity contribution in [2.24, 2.45) is 0 Å². The minimum atomic E-state index is -0.260. The fourth-order valence-electron chi connectivity index (χ4n) is 2.18. The lowest BCUT2D eigenvalue weighted by atomic mass is 10.1. The van der Waals surface area contributed by atoms with Crippen LogP contribution in [-0.4, -0.2) is 36.1 Å². The minimum absolute atomic E-state index is 0.260. The number of nitrogens with zero attached hydrogens (tertiary/aromatic N) is 5. The minimum Gasteiger partial charge on any atom is -0.340 e. The maximum Gasteiger partial charge on any atom is 0.189 e. The Balaban J connectivity index is 2.26. The summed E-state index contributed by atoms with van der Waals surface area (Å²) in [5.74, 6) is 0.836. The summed E-state index contributed by atoms with van der Waals surface area (Å²) in [7, 11) is 0. The first kappa shape index (κ1) is 11.1. The first-order valence-corrected chi connectivity index (χ1v) is 5.92. The second-order valence-electron chi connectivity index (χ2n) is 4.72. The molecule has 0 saturated carbocycles. The summed E-state index contributed by atoms with van der Waals surface area (Å²) in [6, 6.07) is 0. The Morgan fingerprint density at radius 2 is 2.17 bits per heavy atom. The van der Waals surface area contributed by atoms with Crippen LogP contribution in [0.4, 0.5) is 0 Å². The van der Waals surface area contributed by atoms with Crippen LogP contribution in [0.25, 0.3) is 16.8 Å². The molecule has 0 aliphatic carbocycles. The molecule has 3 heterocycles. The molecular weight excluding hydrogens is 230 g/mol. The van der Waals surface area contributed by atoms with Gasteiger partial charge in [-0.3, -0.25) is 4.40 Å². The van der Waals surface area contributed by atoms with Crippen molar-refractivity contribution in [1.82, 2.24) is 34.9 Å². The van der Waals surface area contributed by atoms with Crippen LogP contribution in [0.1, 0.15) is 26.6 Å². The molecule has 0 aromatic carbocycles. The summed E-state index contributed by atoms with van der Waals surface area (Å²) in [6.45, 7) is 7.08. The third-order valence-electron chi connectivity index (χ3n) is 3.01. The van der Waals surface area contributed by atoms with Gasteiger partial charge in [0.15, 0.2) is 17.1 Å². The highest BCUT2D eigenvalue weighted by Gasteiger charge is 2.26. The van der Waals surface area contributed by atoms with E-state index in [1.807, 2.05) is 4.40 Å². The van der Waals surface area contributed by atoms with Crippen molar-refractivity contribution in [2.45, 2.75) is 26.3 Å². The van der Waals surface area contributed by atoms with Gasteiger partial charge in [-0.15, -0.1) is 10.2 Å². The van der Waals surface area contributed by atoms with Crippen molar-refractivity contribution in [3.05, 3.63) is 18.5 Å². The topological polar surface area (TPSA) is 83.8 Å². The lowest BCUT2D eigenvalue weighted by molar-refractivity contribution is 0.387. The molecule has 0 aliphatic heterocycles. The Morgan fingerprint density at radius 1 is 1.33 bits per heavy atom. The van der Waals surface area contributed by atoms with E-state index in [0.29, 0.717) is 5.65 Å². The molecule has 3 aromatic heterocycles. The highest BCUT2D eigenvalue weighted by atomic mass is 15.3. The van der Waals surface area contributed by atoms with E-state index >= 15 is 0 Å². The molecule has 3 aromatic rings. The molecule has 0 bridgehead atoms. The van der Waals surface area contributed by atoms with Crippen molar-refractivity contribution in [3.63, 3.8) is 0 Å². The third kappa shape index (κ3) is 1.47. The van der Waals surface area contributed by atoms with Crippen LogP contribution < -0.4 is 5.32 Å². The Kier molecular flexibility index (Phi) is 2.30. The second-order valence-corrected chi connectivity index (χ2v) is 4.72. The first-order chi connectivity index (χ1) is 8.63. The van der Waals surface area contributed by atoms with Gasteiger partial charge in [0.25, 0.3) is 0 Å². The summed E-state index contributed by atoms with van der Waals surface area (Å²) in [4.78, 5) is 11.4. The van der Waals surface area contributed by atoms with Crippen LogP contribution in [0.15, 0.2) is 12.7 Å². The Morgan fingerprint density at radius 3 is 2.94 bits per heavy atom. The molecule has 0 radical (unpaired) electrons. The zero-order chi connectivity index (χ0) is 12.8. The van der Waals surface area contributed by atoms with E-state index in [0.717, 1.165) is 23.5 Å². The number of fused-ring (bicyclic) bond motifs is 3. The monoisotopic (exact) mass is 245 g/mol. The number of hydrogen-bond acceptors (Lipinski definition) is 5. The maximum absolute atomic E-state index is 4.29. The van der Waals surface area contributed by atoms with Crippen LogP contribution in [0.2, 0.25) is 0 Å². The van der Waals surface area contributed by atoms with E-state index in [2.05, 4.69) is 51.2 Å². The van der Waals surface area contributed by atoms with Crippen LogP contribution in [0.3, 0.4) is 0 Å². The lowest BCUT2D eigenvalue weighted by Gasteiger charge is -2.23. The van der Waals surface area contributed by atoms with Gasteiger partial charge in [0.2, 0.25) is 0 Å². The standard InChI is InChI=1S/C11H15N7/c1-4-15-11(2,3)10-17-16-9-7-8(13-5-12-7)14-6-18(9)10/h5-6,15H,4H2,1-3H3,(H,12,13). The fraction of sp³-hybridized carbons (Fsp3) is 0.455. The third-order valence-corrected chi connectivity index (χ3v) is 3.01. The summed E-state index contributed by atoms with van der Waals surface area (Å²) in [6.07, 6.45) is 3.33. The molecule has 0 aliphatic rings. The lowest BCUT2D eigenvalue weighted by Crippen LogP contribution is -2.38. The van der Waals surface area contributed by atoms with Crippen molar-refractivity contribution < 1.29 is 0 Å². The molecule has 18 heavy (non-hydrogen) atoms. The van der Waals surface area contributed by atoms with Gasteiger partial charge in [0.05, 0.1) is 11.9 Å². The molecule has 0 unspecified atom stereocenters. The molecular formula is C11H15N7. The average Bonchev–Trinajstić information content (AvgIpc) is 2.94. The SMILES string of the molecule is CCNC(C)(C)c1nnc2c3[nH]cnc3ncn12. The van der Waals surface area contributed by atoms with E-state index < -0.39 is 0 Å². The number of aromatic amines is 1. The van der Waals surface area contributed by atoms with Crippen LogP contribution in [0, 0.1) is 0 Å². The van der Waals surface area contributed by atoms with E-state index in [4.69, 9.17) is 0 Å². The van der Waals surface area contributed by atoms with Gasteiger partial charge in [-0.25, -0.2) is 9.97 Å². The van der Waals surface area contributed by atoms with Gasteiger partial charge in [-0.05, 0) is 20.4 Å². The number of H-pyrrole nitrogens is 1. The van der Waals surface area contributed by atoms with Crippen molar-refractivity contribution in [2.75, 3.05) is 6.54 Å². The van der Waals surface area contributed by atoms with Gasteiger partial charge < -0.3 is 10.3 Å². The molecule has 0 amide bonds. The number of rotatable bonds is 3. The fourth-order valence-corrected chi connectivity index (χ4v) is 2.18. The number of imidazole rings is 1. The van der Waals surface area contributed by atoms with Crippen LogP contribution in [0.5, 0.6) is 0 Å². The van der Waals surface area contributed by atoms with Crippen molar-refractivity contribution >= 4 is 16.8 Å². The van der Waals surface area contributed by atoms with Gasteiger partial charge in [-0.2, -0.15) is 0 Å². The zero-order valence-corrected chi connectivity index (χ0v) is 10.6.